The van der Waals surface area contributed by atoms with E-state index in [1.54, 1.807) is 6.26 Å². The molecular weight excluding hydrogens is 222 g/mol. The van der Waals surface area contributed by atoms with Gasteiger partial charge in [0.15, 0.2) is 0 Å². The van der Waals surface area contributed by atoms with Gasteiger partial charge in [-0.15, -0.1) is 0 Å². The molecule has 2 nitrogen and oxygen atoms in total. The summed E-state index contributed by atoms with van der Waals surface area (Å²) in [6.07, 6.45) is 4.93. The molecule has 2 aromatic rings. The molecular formula is C16H21NO. The highest BCUT2D eigenvalue weighted by Gasteiger charge is 2.09. The quantitative estimate of drug-likeness (QED) is 0.806. The molecule has 0 bridgehead atoms. The lowest BCUT2D eigenvalue weighted by molar-refractivity contribution is 0.448. The van der Waals surface area contributed by atoms with E-state index in [0.717, 1.165) is 31.6 Å². The number of rotatable bonds is 7. The van der Waals surface area contributed by atoms with Crippen LogP contribution in [-0.2, 0) is 12.8 Å². The van der Waals surface area contributed by atoms with Crippen molar-refractivity contribution < 1.29 is 4.42 Å². The van der Waals surface area contributed by atoms with Crippen molar-refractivity contribution in [3.8, 4) is 0 Å². The second kappa shape index (κ2) is 7.02. The zero-order chi connectivity index (χ0) is 12.6. The Kier molecular flexibility index (Phi) is 5.03. The Labute approximate surface area is 109 Å². The van der Waals surface area contributed by atoms with Gasteiger partial charge in [0.05, 0.1) is 6.26 Å². The van der Waals surface area contributed by atoms with Gasteiger partial charge in [-0.2, -0.15) is 0 Å². The summed E-state index contributed by atoms with van der Waals surface area (Å²) in [4.78, 5) is 0. The molecule has 1 N–H and O–H groups in total. The summed E-state index contributed by atoms with van der Waals surface area (Å²) in [5.74, 6) is 1.07. The smallest absolute Gasteiger partial charge is 0.103 e. The third-order valence-electron chi connectivity index (χ3n) is 3.14. The predicted molar refractivity (Wildman–Crippen MR) is 74.6 cm³/mol. The fourth-order valence-electron chi connectivity index (χ4n) is 2.23. The summed E-state index contributed by atoms with van der Waals surface area (Å²) in [6.45, 7) is 3.17. The summed E-state index contributed by atoms with van der Waals surface area (Å²) in [7, 11) is 0. The summed E-state index contributed by atoms with van der Waals surface area (Å²) >= 11 is 0. The van der Waals surface area contributed by atoms with Crippen molar-refractivity contribution >= 4 is 0 Å². The van der Waals surface area contributed by atoms with Gasteiger partial charge in [-0.3, -0.25) is 0 Å². The topological polar surface area (TPSA) is 25.2 Å². The third-order valence-corrected chi connectivity index (χ3v) is 3.14. The summed E-state index contributed by atoms with van der Waals surface area (Å²) in [6, 6.07) is 15.2. The molecule has 0 aliphatic rings. The molecule has 0 fully saturated rings. The van der Waals surface area contributed by atoms with Crippen molar-refractivity contribution in [1.82, 2.24) is 5.32 Å². The molecule has 96 valence electrons. The van der Waals surface area contributed by atoms with Crippen LogP contribution >= 0.6 is 0 Å². The molecule has 1 unspecified atom stereocenters. The number of benzene rings is 1. The molecule has 0 spiro atoms. The minimum absolute atomic E-state index is 0.516. The van der Waals surface area contributed by atoms with Gasteiger partial charge in [0.2, 0.25) is 0 Å². The van der Waals surface area contributed by atoms with Gasteiger partial charge < -0.3 is 9.73 Å². The minimum Gasteiger partial charge on any atom is -0.469 e. The molecule has 2 rings (SSSR count). The predicted octanol–water partition coefficient (Wildman–Crippen LogP) is 3.43. The Hall–Kier alpha value is -1.54. The third kappa shape index (κ3) is 4.04. The second-order valence-electron chi connectivity index (χ2n) is 4.56. The highest BCUT2D eigenvalue weighted by Crippen LogP contribution is 2.10. The van der Waals surface area contributed by atoms with Gasteiger partial charge in [-0.05, 0) is 37.1 Å². The van der Waals surface area contributed by atoms with Gasteiger partial charge in [-0.25, -0.2) is 0 Å². The van der Waals surface area contributed by atoms with Crippen molar-refractivity contribution in [2.24, 2.45) is 0 Å². The molecule has 2 heteroatoms. The normalized spacial score (nSPS) is 12.5. The highest BCUT2D eigenvalue weighted by atomic mass is 16.3. The fourth-order valence-corrected chi connectivity index (χ4v) is 2.23. The lowest BCUT2D eigenvalue weighted by Crippen LogP contribution is -2.31. The zero-order valence-corrected chi connectivity index (χ0v) is 10.9. The Balaban J connectivity index is 1.87. The summed E-state index contributed by atoms with van der Waals surface area (Å²) in [5, 5.41) is 3.55. The van der Waals surface area contributed by atoms with E-state index in [0.29, 0.717) is 6.04 Å². The summed E-state index contributed by atoms with van der Waals surface area (Å²) in [5.41, 5.74) is 1.39. The Morgan fingerprint density at radius 1 is 1.11 bits per heavy atom. The lowest BCUT2D eigenvalue weighted by Gasteiger charge is -2.17. The average Bonchev–Trinajstić information content (AvgIpc) is 2.91. The van der Waals surface area contributed by atoms with Gasteiger partial charge in [0.1, 0.15) is 5.76 Å². The van der Waals surface area contributed by atoms with E-state index in [2.05, 4.69) is 42.6 Å². The van der Waals surface area contributed by atoms with Gasteiger partial charge in [-0.1, -0.05) is 37.3 Å². The van der Waals surface area contributed by atoms with E-state index in [-0.39, 0.29) is 0 Å². The van der Waals surface area contributed by atoms with Crippen LogP contribution < -0.4 is 5.32 Å². The first kappa shape index (κ1) is 12.9. The van der Waals surface area contributed by atoms with Crippen LogP contribution in [0.1, 0.15) is 24.7 Å². The minimum atomic E-state index is 0.516. The van der Waals surface area contributed by atoms with E-state index in [1.807, 2.05) is 12.1 Å². The van der Waals surface area contributed by atoms with E-state index in [4.69, 9.17) is 4.42 Å². The average molecular weight is 243 g/mol. The van der Waals surface area contributed by atoms with Crippen LogP contribution in [0, 0.1) is 0 Å². The first-order valence-electron chi connectivity index (χ1n) is 6.68. The van der Waals surface area contributed by atoms with Gasteiger partial charge in [0, 0.05) is 12.5 Å². The molecule has 1 heterocycles. The van der Waals surface area contributed by atoms with Crippen molar-refractivity contribution in [3.05, 3.63) is 60.1 Å². The molecule has 18 heavy (non-hydrogen) atoms. The number of nitrogens with one attached hydrogen (secondary N) is 1. The van der Waals surface area contributed by atoms with E-state index in [9.17, 15) is 0 Å². The molecule has 0 saturated heterocycles. The van der Waals surface area contributed by atoms with Gasteiger partial charge >= 0.3 is 0 Å². The van der Waals surface area contributed by atoms with Crippen molar-refractivity contribution in [1.29, 1.82) is 0 Å². The lowest BCUT2D eigenvalue weighted by atomic mass is 10.0. The van der Waals surface area contributed by atoms with Crippen molar-refractivity contribution in [2.75, 3.05) is 6.54 Å². The molecule has 0 aliphatic heterocycles. The number of hydrogen-bond donors (Lipinski definition) is 1. The van der Waals surface area contributed by atoms with Crippen molar-refractivity contribution in [3.63, 3.8) is 0 Å². The maximum absolute atomic E-state index is 5.38. The van der Waals surface area contributed by atoms with E-state index >= 15 is 0 Å². The zero-order valence-electron chi connectivity index (χ0n) is 10.9. The molecule has 1 aromatic carbocycles. The maximum Gasteiger partial charge on any atom is 0.103 e. The SMILES string of the molecule is CCNC(CCc1ccco1)Cc1ccccc1. The van der Waals surface area contributed by atoms with E-state index in [1.165, 1.54) is 5.56 Å². The van der Waals surface area contributed by atoms with E-state index < -0.39 is 0 Å². The molecule has 1 atom stereocenters. The van der Waals surface area contributed by atoms with Crippen LogP contribution in [0.2, 0.25) is 0 Å². The maximum atomic E-state index is 5.38. The molecule has 0 radical (unpaired) electrons. The van der Waals surface area contributed by atoms with Crippen LogP contribution in [0.15, 0.2) is 53.1 Å². The Morgan fingerprint density at radius 2 is 1.94 bits per heavy atom. The Bertz CT molecular complexity index is 422. The van der Waals surface area contributed by atoms with Crippen LogP contribution in [-0.4, -0.2) is 12.6 Å². The van der Waals surface area contributed by atoms with Crippen LogP contribution in [0.3, 0.4) is 0 Å². The van der Waals surface area contributed by atoms with Crippen LogP contribution in [0.4, 0.5) is 0 Å². The monoisotopic (exact) mass is 243 g/mol. The van der Waals surface area contributed by atoms with Crippen molar-refractivity contribution in [2.45, 2.75) is 32.2 Å². The molecule has 0 amide bonds. The first-order valence-corrected chi connectivity index (χ1v) is 6.68. The van der Waals surface area contributed by atoms with Crippen LogP contribution in [0.25, 0.3) is 0 Å². The first-order chi connectivity index (χ1) is 8.88. The largest absolute Gasteiger partial charge is 0.469 e. The standard InChI is InChI=1S/C16H21NO/c1-2-17-15(10-11-16-9-6-12-18-16)13-14-7-4-3-5-8-14/h3-9,12,15,17H,2,10-11,13H2,1H3. The number of furan rings is 1. The molecule has 0 aliphatic carbocycles. The van der Waals surface area contributed by atoms with Crippen LogP contribution in [0.5, 0.6) is 0 Å². The molecule has 1 aromatic heterocycles. The fraction of sp³-hybridized carbons (Fsp3) is 0.375. The number of hydrogen-bond acceptors (Lipinski definition) is 2. The highest BCUT2D eigenvalue weighted by molar-refractivity contribution is 5.16. The second-order valence-corrected chi connectivity index (χ2v) is 4.56. The molecule has 0 saturated carbocycles. The summed E-state index contributed by atoms with van der Waals surface area (Å²) < 4.78 is 5.38. The Morgan fingerprint density at radius 3 is 2.61 bits per heavy atom. The van der Waals surface area contributed by atoms with Gasteiger partial charge in [0.25, 0.3) is 0 Å². The number of likely N-dealkylation sites (N-methyl/N-ethyl adjacent to an activating group) is 1. The number of aryl methyl sites for hydroxylation is 1.